The first kappa shape index (κ1) is 12.2. The van der Waals surface area contributed by atoms with Gasteiger partial charge in [0.2, 0.25) is 0 Å². The molecule has 0 spiro atoms. The van der Waals surface area contributed by atoms with Gasteiger partial charge in [0, 0.05) is 17.6 Å². The highest BCUT2D eigenvalue weighted by Crippen LogP contribution is 2.11. The molecule has 15 heavy (non-hydrogen) atoms. The maximum Gasteiger partial charge on any atom is 0.307 e. The Morgan fingerprint density at radius 2 is 2.33 bits per heavy atom. The summed E-state index contributed by atoms with van der Waals surface area (Å²) in [4.78, 5) is 10.5. The van der Waals surface area contributed by atoms with Crippen LogP contribution in [0.25, 0.3) is 0 Å². The van der Waals surface area contributed by atoms with E-state index in [9.17, 15) is 4.79 Å². The van der Waals surface area contributed by atoms with E-state index in [1.165, 1.54) is 0 Å². The van der Waals surface area contributed by atoms with Crippen LogP contribution in [0.2, 0.25) is 0 Å². The van der Waals surface area contributed by atoms with Gasteiger partial charge in [-0.2, -0.15) is 0 Å². The summed E-state index contributed by atoms with van der Waals surface area (Å²) in [6, 6.07) is 7.94. The van der Waals surface area contributed by atoms with Gasteiger partial charge in [-0.15, -0.1) is 0 Å². The fraction of sp³-hybridized carbons (Fsp3) is 0.364. The van der Waals surface area contributed by atoms with Gasteiger partial charge < -0.3 is 10.4 Å². The zero-order valence-corrected chi connectivity index (χ0v) is 10.1. The van der Waals surface area contributed by atoms with Crippen LogP contribution in [0.1, 0.15) is 12.5 Å². The quantitative estimate of drug-likeness (QED) is 0.864. The number of carbonyl (C=O) groups is 1. The van der Waals surface area contributed by atoms with E-state index in [-0.39, 0.29) is 5.92 Å². The molecule has 0 radical (unpaired) electrons. The first-order valence-corrected chi connectivity index (χ1v) is 5.57. The molecule has 0 saturated carbocycles. The Morgan fingerprint density at radius 1 is 1.60 bits per heavy atom. The third kappa shape index (κ3) is 4.44. The van der Waals surface area contributed by atoms with E-state index in [2.05, 4.69) is 21.2 Å². The predicted octanol–water partition coefficient (Wildman–Crippen LogP) is 2.26. The number of hydrogen-bond acceptors (Lipinski definition) is 2. The summed E-state index contributed by atoms with van der Waals surface area (Å²) in [5.74, 6) is -1.12. The number of aliphatic carboxylic acids is 1. The maximum absolute atomic E-state index is 10.5. The van der Waals surface area contributed by atoms with Crippen molar-refractivity contribution in [1.29, 1.82) is 0 Å². The van der Waals surface area contributed by atoms with E-state index < -0.39 is 5.97 Å². The van der Waals surface area contributed by atoms with Crippen LogP contribution in [-0.2, 0) is 11.3 Å². The molecule has 0 saturated heterocycles. The van der Waals surface area contributed by atoms with Crippen molar-refractivity contribution >= 4 is 21.9 Å². The van der Waals surface area contributed by atoms with Crippen molar-refractivity contribution in [2.45, 2.75) is 13.5 Å². The molecule has 0 bridgehead atoms. The van der Waals surface area contributed by atoms with Crippen LogP contribution in [0.15, 0.2) is 28.7 Å². The Balaban J connectivity index is 2.35. The summed E-state index contributed by atoms with van der Waals surface area (Å²) in [5.41, 5.74) is 1.14. The second kappa shape index (κ2) is 5.88. The molecule has 1 aromatic carbocycles. The van der Waals surface area contributed by atoms with Gasteiger partial charge in [0.05, 0.1) is 5.92 Å². The Hall–Kier alpha value is -0.870. The van der Waals surface area contributed by atoms with Crippen molar-refractivity contribution in [2.24, 2.45) is 5.92 Å². The average molecular weight is 272 g/mol. The largest absolute Gasteiger partial charge is 0.481 e. The molecule has 1 atom stereocenters. The lowest BCUT2D eigenvalue weighted by molar-refractivity contribution is -0.140. The summed E-state index contributed by atoms with van der Waals surface area (Å²) in [6.07, 6.45) is 0. The van der Waals surface area contributed by atoms with Crippen molar-refractivity contribution in [3.8, 4) is 0 Å². The highest BCUT2D eigenvalue weighted by atomic mass is 79.9. The molecule has 0 aliphatic carbocycles. The Morgan fingerprint density at radius 3 is 2.93 bits per heavy atom. The number of halogens is 1. The second-order valence-corrected chi connectivity index (χ2v) is 4.42. The van der Waals surface area contributed by atoms with E-state index in [4.69, 9.17) is 5.11 Å². The van der Waals surface area contributed by atoms with Crippen molar-refractivity contribution in [2.75, 3.05) is 6.54 Å². The molecule has 0 heterocycles. The van der Waals surface area contributed by atoms with E-state index >= 15 is 0 Å². The minimum Gasteiger partial charge on any atom is -0.481 e. The van der Waals surface area contributed by atoms with Crippen LogP contribution < -0.4 is 5.32 Å². The highest BCUT2D eigenvalue weighted by molar-refractivity contribution is 9.10. The van der Waals surface area contributed by atoms with Gasteiger partial charge in [0.1, 0.15) is 0 Å². The second-order valence-electron chi connectivity index (χ2n) is 3.50. The van der Waals surface area contributed by atoms with E-state index in [1.807, 2.05) is 24.3 Å². The molecule has 0 amide bonds. The monoisotopic (exact) mass is 271 g/mol. The van der Waals surface area contributed by atoms with Crippen molar-refractivity contribution in [3.63, 3.8) is 0 Å². The van der Waals surface area contributed by atoms with E-state index in [0.29, 0.717) is 13.1 Å². The molecule has 0 aliphatic heterocycles. The van der Waals surface area contributed by atoms with Crippen molar-refractivity contribution < 1.29 is 9.90 Å². The summed E-state index contributed by atoms with van der Waals surface area (Å²) in [6.45, 7) is 2.87. The molecule has 82 valence electrons. The molecule has 1 aromatic rings. The molecule has 4 heteroatoms. The number of carboxylic acids is 1. The molecule has 3 nitrogen and oxygen atoms in total. The molecular formula is C11H14BrNO2. The fourth-order valence-electron chi connectivity index (χ4n) is 1.17. The van der Waals surface area contributed by atoms with Gasteiger partial charge in [0.25, 0.3) is 0 Å². The molecule has 0 aliphatic rings. The van der Waals surface area contributed by atoms with Gasteiger partial charge in [-0.05, 0) is 17.7 Å². The summed E-state index contributed by atoms with van der Waals surface area (Å²) in [7, 11) is 0. The molecule has 0 aromatic heterocycles. The minimum atomic E-state index is -0.767. The normalized spacial score (nSPS) is 12.4. The lowest BCUT2D eigenvalue weighted by Gasteiger charge is -2.08. The van der Waals surface area contributed by atoms with E-state index in [1.54, 1.807) is 6.92 Å². The summed E-state index contributed by atoms with van der Waals surface area (Å²) < 4.78 is 1.04. The van der Waals surface area contributed by atoms with E-state index in [0.717, 1.165) is 10.0 Å². The van der Waals surface area contributed by atoms with Gasteiger partial charge in [0.15, 0.2) is 0 Å². The number of benzene rings is 1. The third-order valence-electron chi connectivity index (χ3n) is 2.09. The minimum absolute atomic E-state index is 0.350. The maximum atomic E-state index is 10.5. The summed E-state index contributed by atoms with van der Waals surface area (Å²) in [5, 5.41) is 11.8. The number of carboxylic acid groups (broad SMARTS) is 1. The van der Waals surface area contributed by atoms with Crippen LogP contribution in [0.3, 0.4) is 0 Å². The highest BCUT2D eigenvalue weighted by Gasteiger charge is 2.09. The molecular weight excluding hydrogens is 258 g/mol. The standard InChI is InChI=1S/C11H14BrNO2/c1-8(11(14)15)6-13-7-9-3-2-4-10(12)5-9/h2-5,8,13H,6-7H2,1H3,(H,14,15). The lowest BCUT2D eigenvalue weighted by Crippen LogP contribution is -2.25. The average Bonchev–Trinajstić information content (AvgIpc) is 2.17. The fourth-order valence-corrected chi connectivity index (χ4v) is 1.61. The van der Waals surface area contributed by atoms with Gasteiger partial charge >= 0.3 is 5.97 Å². The smallest absolute Gasteiger partial charge is 0.307 e. The Kier molecular flexibility index (Phi) is 4.78. The van der Waals surface area contributed by atoms with Crippen molar-refractivity contribution in [1.82, 2.24) is 5.32 Å². The third-order valence-corrected chi connectivity index (χ3v) is 2.58. The first-order valence-electron chi connectivity index (χ1n) is 4.77. The number of hydrogen-bond donors (Lipinski definition) is 2. The topological polar surface area (TPSA) is 49.3 Å². The number of rotatable bonds is 5. The SMILES string of the molecule is CC(CNCc1cccc(Br)c1)C(=O)O. The predicted molar refractivity (Wildman–Crippen MR) is 62.6 cm³/mol. The first-order chi connectivity index (χ1) is 7.09. The lowest BCUT2D eigenvalue weighted by atomic mass is 10.2. The molecule has 1 rings (SSSR count). The van der Waals surface area contributed by atoms with Crippen LogP contribution in [0.4, 0.5) is 0 Å². The van der Waals surface area contributed by atoms with Gasteiger partial charge in [-0.3, -0.25) is 4.79 Å². The molecule has 1 unspecified atom stereocenters. The number of nitrogens with one attached hydrogen (secondary N) is 1. The van der Waals surface area contributed by atoms with Crippen LogP contribution >= 0.6 is 15.9 Å². The molecule has 0 fully saturated rings. The van der Waals surface area contributed by atoms with Crippen LogP contribution in [0, 0.1) is 5.92 Å². The Bertz CT molecular complexity index is 341. The Labute approximate surface area is 97.6 Å². The summed E-state index contributed by atoms with van der Waals surface area (Å²) >= 11 is 3.38. The van der Waals surface area contributed by atoms with Crippen molar-refractivity contribution in [3.05, 3.63) is 34.3 Å². The zero-order chi connectivity index (χ0) is 11.3. The zero-order valence-electron chi connectivity index (χ0n) is 8.53. The van der Waals surface area contributed by atoms with Crippen LogP contribution in [0.5, 0.6) is 0 Å². The molecule has 2 N–H and O–H groups in total. The van der Waals surface area contributed by atoms with Crippen LogP contribution in [-0.4, -0.2) is 17.6 Å². The van der Waals surface area contributed by atoms with Gasteiger partial charge in [-0.1, -0.05) is 35.0 Å². The van der Waals surface area contributed by atoms with Gasteiger partial charge in [-0.25, -0.2) is 0 Å².